The van der Waals surface area contributed by atoms with Crippen LogP contribution in [0.15, 0.2) is 17.6 Å². The second-order valence-electron chi connectivity index (χ2n) is 7.83. The van der Waals surface area contributed by atoms with E-state index in [-0.39, 0.29) is 30.0 Å². The molecule has 0 radical (unpaired) electrons. The van der Waals surface area contributed by atoms with Crippen LogP contribution in [-0.2, 0) is 14.9 Å². The fourth-order valence-corrected chi connectivity index (χ4v) is 4.49. The van der Waals surface area contributed by atoms with E-state index in [9.17, 15) is 23.4 Å². The van der Waals surface area contributed by atoms with Crippen LogP contribution in [0.5, 0.6) is 0 Å². The van der Waals surface area contributed by atoms with Gasteiger partial charge in [-0.15, -0.1) is 6.58 Å². The normalized spacial score (nSPS) is 20.4. The number of Topliss-reactive ketones (excluding diaryl/α,β-unsaturated/α-hetero) is 1. The molecular weight excluding hydrogens is 396 g/mol. The van der Waals surface area contributed by atoms with E-state index >= 15 is 0 Å². The van der Waals surface area contributed by atoms with Crippen LogP contribution in [0.25, 0.3) is 0 Å². The second-order valence-corrected chi connectivity index (χ2v) is 9.33. The van der Waals surface area contributed by atoms with Gasteiger partial charge in [0.05, 0.1) is 13.2 Å². The molecule has 0 bridgehead atoms. The van der Waals surface area contributed by atoms with Gasteiger partial charge in [0.2, 0.25) is 5.78 Å². The highest BCUT2D eigenvalue weighted by molar-refractivity contribution is 7.85. The highest BCUT2D eigenvalue weighted by atomic mass is 32.2. The van der Waals surface area contributed by atoms with Crippen molar-refractivity contribution in [1.82, 2.24) is 0 Å². The molecular formula is C20H37N2O6S+. The molecule has 29 heavy (non-hydrogen) atoms. The quantitative estimate of drug-likeness (QED) is 0.139. The summed E-state index contributed by atoms with van der Waals surface area (Å²) in [6.07, 6.45) is 9.54. The predicted molar refractivity (Wildman–Crippen MR) is 113 cm³/mol. The van der Waals surface area contributed by atoms with Crippen LogP contribution in [0.3, 0.4) is 0 Å². The zero-order chi connectivity index (χ0) is 21.8. The summed E-state index contributed by atoms with van der Waals surface area (Å²) in [4.78, 5) is 17.0. The lowest BCUT2D eigenvalue weighted by molar-refractivity contribution is -0.837. The first-order valence-electron chi connectivity index (χ1n) is 10.5. The molecule has 2 unspecified atom stereocenters. The highest BCUT2D eigenvalue weighted by Crippen LogP contribution is 2.20. The lowest BCUT2D eigenvalue weighted by Crippen LogP contribution is -2.59. The molecule has 0 amide bonds. The number of unbranched alkanes of at least 4 members (excludes halogenated alkanes) is 7. The summed E-state index contributed by atoms with van der Waals surface area (Å²) in [5.74, 6) is -0.606. The Morgan fingerprint density at radius 1 is 1.17 bits per heavy atom. The number of aliphatic hydroxyl groups excluding tert-OH is 2. The minimum atomic E-state index is -4.33. The number of hydrogen-bond acceptors (Lipinski definition) is 6. The van der Waals surface area contributed by atoms with Gasteiger partial charge in [-0.25, -0.2) is 4.99 Å². The Morgan fingerprint density at radius 3 is 2.38 bits per heavy atom. The summed E-state index contributed by atoms with van der Waals surface area (Å²) in [5.41, 5.74) is 0. The summed E-state index contributed by atoms with van der Waals surface area (Å²) in [6, 6.07) is 0. The molecule has 1 heterocycles. The van der Waals surface area contributed by atoms with Gasteiger partial charge in [-0.2, -0.15) is 8.42 Å². The van der Waals surface area contributed by atoms with Crippen molar-refractivity contribution in [3.63, 3.8) is 0 Å². The van der Waals surface area contributed by atoms with Gasteiger partial charge < -0.3 is 10.2 Å². The SMILES string of the molecule is C=CCCCCCCCCCC(=O)C1=NCC[N+]1(CCO)CC(O)CS(=O)(=O)O. The number of carbonyl (C=O) groups excluding carboxylic acids is 1. The largest absolute Gasteiger partial charge is 0.390 e. The standard InChI is InChI=1S/C20H36N2O6S/c1-2-3-4-5-6-7-8-9-10-11-19(25)20-21-12-13-22(20,14-15-23)16-18(24)17-29(26,27)28/h2,18,23-24H,1,3-17H2/p+1. The van der Waals surface area contributed by atoms with Crippen molar-refractivity contribution in [3.05, 3.63) is 12.7 Å². The summed E-state index contributed by atoms with van der Waals surface area (Å²) < 4.78 is 31.0. The molecule has 3 N–H and O–H groups in total. The predicted octanol–water partition coefficient (Wildman–Crippen LogP) is 1.72. The fourth-order valence-electron chi connectivity index (χ4n) is 3.90. The molecule has 0 saturated carbocycles. The number of aliphatic imine (C=N–C) groups is 1. The van der Waals surface area contributed by atoms with Crippen molar-refractivity contribution in [2.24, 2.45) is 4.99 Å². The molecule has 9 heteroatoms. The van der Waals surface area contributed by atoms with Gasteiger partial charge in [-0.05, 0) is 19.3 Å². The lowest BCUT2D eigenvalue weighted by atomic mass is 10.0. The van der Waals surface area contributed by atoms with Gasteiger partial charge in [0.25, 0.3) is 16.0 Å². The molecule has 0 spiro atoms. The zero-order valence-electron chi connectivity index (χ0n) is 17.3. The first-order valence-corrected chi connectivity index (χ1v) is 12.1. The van der Waals surface area contributed by atoms with Crippen molar-refractivity contribution in [2.75, 3.05) is 38.5 Å². The first-order chi connectivity index (χ1) is 13.7. The number of quaternary nitrogens is 1. The van der Waals surface area contributed by atoms with Crippen LogP contribution < -0.4 is 0 Å². The summed E-state index contributed by atoms with van der Waals surface area (Å²) >= 11 is 0. The Balaban J connectivity index is 2.49. The van der Waals surface area contributed by atoms with Crippen LogP contribution in [0.1, 0.15) is 57.8 Å². The van der Waals surface area contributed by atoms with E-state index in [1.807, 2.05) is 6.08 Å². The minimum absolute atomic E-state index is 0.0324. The second kappa shape index (κ2) is 13.2. The maximum absolute atomic E-state index is 12.7. The lowest BCUT2D eigenvalue weighted by Gasteiger charge is -2.34. The molecule has 0 aromatic rings. The number of nitrogens with zero attached hydrogens (tertiary/aromatic N) is 2. The van der Waals surface area contributed by atoms with Gasteiger partial charge in [0, 0.05) is 6.42 Å². The monoisotopic (exact) mass is 433 g/mol. The Kier molecular flexibility index (Phi) is 11.8. The maximum Gasteiger partial charge on any atom is 0.267 e. The number of hydrogen-bond donors (Lipinski definition) is 3. The molecule has 0 saturated heterocycles. The van der Waals surface area contributed by atoms with Gasteiger partial charge in [0.15, 0.2) is 0 Å². The maximum atomic E-state index is 12.7. The molecule has 0 aliphatic carbocycles. The summed E-state index contributed by atoms with van der Waals surface area (Å²) in [7, 11) is -4.33. The molecule has 1 rings (SSSR count). The molecule has 0 fully saturated rings. The summed E-state index contributed by atoms with van der Waals surface area (Å²) in [6.45, 7) is 4.42. The smallest absolute Gasteiger partial charge is 0.267 e. The Hall–Kier alpha value is -1.13. The van der Waals surface area contributed by atoms with Gasteiger partial charge in [0.1, 0.15) is 31.5 Å². The van der Waals surface area contributed by atoms with Gasteiger partial charge >= 0.3 is 0 Å². The van der Waals surface area contributed by atoms with Crippen molar-refractivity contribution in [2.45, 2.75) is 63.9 Å². The molecule has 1 aliphatic heterocycles. The molecule has 0 aromatic carbocycles. The van der Waals surface area contributed by atoms with Gasteiger partial charge in [-0.1, -0.05) is 38.2 Å². The van der Waals surface area contributed by atoms with E-state index in [0.717, 1.165) is 32.1 Å². The van der Waals surface area contributed by atoms with Crippen molar-refractivity contribution >= 4 is 21.7 Å². The van der Waals surface area contributed by atoms with E-state index in [1.165, 1.54) is 19.3 Å². The van der Waals surface area contributed by atoms with Crippen LogP contribution >= 0.6 is 0 Å². The van der Waals surface area contributed by atoms with E-state index in [0.29, 0.717) is 25.3 Å². The number of amidine groups is 1. The molecule has 0 aromatic heterocycles. The number of allylic oxidation sites excluding steroid dienone is 1. The molecule has 2 atom stereocenters. The zero-order valence-corrected chi connectivity index (χ0v) is 18.2. The van der Waals surface area contributed by atoms with E-state index in [2.05, 4.69) is 11.6 Å². The number of rotatable bonds is 17. The van der Waals surface area contributed by atoms with Crippen LogP contribution in [0.4, 0.5) is 0 Å². The number of carbonyl (C=O) groups is 1. The molecule has 1 aliphatic rings. The molecule has 8 nitrogen and oxygen atoms in total. The Bertz CT molecular complexity index is 649. The summed E-state index contributed by atoms with van der Waals surface area (Å²) in [5, 5.41) is 19.5. The number of aliphatic hydroxyl groups is 2. The van der Waals surface area contributed by atoms with Gasteiger partial charge in [-0.3, -0.25) is 13.8 Å². The van der Waals surface area contributed by atoms with Crippen molar-refractivity contribution in [3.8, 4) is 0 Å². The molecule has 168 valence electrons. The fraction of sp³-hybridized carbons (Fsp3) is 0.800. The average molecular weight is 434 g/mol. The van der Waals surface area contributed by atoms with Crippen LogP contribution in [0, 0.1) is 0 Å². The third-order valence-corrected chi connectivity index (χ3v) is 6.10. The van der Waals surface area contributed by atoms with Crippen LogP contribution in [0.2, 0.25) is 0 Å². The highest BCUT2D eigenvalue weighted by Gasteiger charge is 2.43. The van der Waals surface area contributed by atoms with Crippen LogP contribution in [-0.4, -0.2) is 83.9 Å². The Labute approximate surface area is 174 Å². The van der Waals surface area contributed by atoms with E-state index in [4.69, 9.17) is 4.55 Å². The van der Waals surface area contributed by atoms with Crippen molar-refractivity contribution < 1.29 is 32.5 Å². The Morgan fingerprint density at radius 2 is 1.79 bits per heavy atom. The van der Waals surface area contributed by atoms with Crippen molar-refractivity contribution in [1.29, 1.82) is 0 Å². The van der Waals surface area contributed by atoms with E-state index in [1.54, 1.807) is 0 Å². The first kappa shape index (κ1) is 25.9. The topological polar surface area (TPSA) is 124 Å². The average Bonchev–Trinajstić information content (AvgIpc) is 3.01. The number of ketones is 1. The third kappa shape index (κ3) is 9.95. The van der Waals surface area contributed by atoms with E-state index < -0.39 is 22.0 Å². The minimum Gasteiger partial charge on any atom is -0.390 e. The third-order valence-electron chi connectivity index (χ3n) is 5.29.